The zero-order valence-electron chi connectivity index (χ0n) is 15.7. The van der Waals surface area contributed by atoms with Crippen molar-refractivity contribution in [3.05, 3.63) is 81.0 Å². The Labute approximate surface area is 187 Å². The smallest absolute Gasteiger partial charge is 0.433 e. The number of hydrogen-bond donors (Lipinski definition) is 0. The summed E-state index contributed by atoms with van der Waals surface area (Å²) in [4.78, 5) is 27.5. The predicted molar refractivity (Wildman–Crippen MR) is 120 cm³/mol. The van der Waals surface area contributed by atoms with Crippen molar-refractivity contribution in [3.63, 3.8) is 0 Å². The highest BCUT2D eigenvalue weighted by atomic mass is 79.9. The van der Waals surface area contributed by atoms with Crippen LogP contribution >= 0.6 is 27.3 Å². The van der Waals surface area contributed by atoms with Gasteiger partial charge in [0.05, 0.1) is 22.5 Å². The van der Waals surface area contributed by atoms with Gasteiger partial charge in [0.15, 0.2) is 12.4 Å². The van der Waals surface area contributed by atoms with Gasteiger partial charge in [-0.05, 0) is 36.4 Å². The molecule has 0 spiro atoms. The Hall–Kier alpha value is -3.57. The number of ether oxygens (including phenoxy) is 1. The number of nitro groups is 1. The molecule has 2 heterocycles. The maximum atomic E-state index is 12.9. The fraction of sp³-hybridized carbons (Fsp3) is 0.0500. The third-order valence-corrected chi connectivity index (χ3v) is 5.44. The zero-order chi connectivity index (χ0) is 21.8. The quantitative estimate of drug-likeness (QED) is 0.200. The van der Waals surface area contributed by atoms with Crippen LogP contribution in [0.25, 0.3) is 10.2 Å². The number of hydrazone groups is 1. The molecule has 0 N–H and O–H groups in total. The minimum atomic E-state index is -0.653. The van der Waals surface area contributed by atoms with Gasteiger partial charge in [0.1, 0.15) is 10.7 Å². The molecule has 0 bridgehead atoms. The second-order valence-corrected chi connectivity index (χ2v) is 8.02. The van der Waals surface area contributed by atoms with Crippen LogP contribution in [-0.4, -0.2) is 28.6 Å². The lowest BCUT2D eigenvalue weighted by Gasteiger charge is -2.14. The number of rotatable bonds is 7. The molecule has 0 aliphatic heterocycles. The first-order valence-electron chi connectivity index (χ1n) is 8.85. The summed E-state index contributed by atoms with van der Waals surface area (Å²) in [7, 11) is 0. The first kappa shape index (κ1) is 20.7. The number of furan rings is 1. The molecule has 2 aromatic heterocycles. The summed E-state index contributed by atoms with van der Waals surface area (Å²) in [5.41, 5.74) is 0.703. The Balaban J connectivity index is 1.62. The number of fused-ring (bicyclic) bond motifs is 1. The summed E-state index contributed by atoms with van der Waals surface area (Å²) in [5, 5.41) is 16.4. The summed E-state index contributed by atoms with van der Waals surface area (Å²) < 4.78 is 12.4. The molecule has 0 atom stereocenters. The van der Waals surface area contributed by atoms with Gasteiger partial charge in [0, 0.05) is 4.47 Å². The van der Waals surface area contributed by atoms with E-state index in [0.717, 1.165) is 14.2 Å². The SMILES string of the molecule is O=C(COc1ccccc1)N(/N=C/c1ccc([N+](=O)[O-])o1)c1nc2ccc(Br)cc2s1. The molecule has 0 radical (unpaired) electrons. The van der Waals surface area contributed by atoms with E-state index in [4.69, 9.17) is 9.15 Å². The summed E-state index contributed by atoms with van der Waals surface area (Å²) in [6, 6.07) is 17.1. The highest BCUT2D eigenvalue weighted by Gasteiger charge is 2.21. The van der Waals surface area contributed by atoms with Crippen LogP contribution < -0.4 is 9.75 Å². The van der Waals surface area contributed by atoms with Crippen molar-refractivity contribution in [2.24, 2.45) is 5.10 Å². The van der Waals surface area contributed by atoms with Crippen LogP contribution in [0, 0.1) is 10.1 Å². The molecular weight excluding hydrogens is 488 g/mol. The number of nitrogens with zero attached hydrogens (tertiary/aromatic N) is 4. The molecule has 9 nitrogen and oxygen atoms in total. The number of benzene rings is 2. The molecule has 31 heavy (non-hydrogen) atoms. The molecule has 4 rings (SSSR count). The number of aromatic nitrogens is 1. The molecular formula is C20H13BrN4O5S. The van der Waals surface area contributed by atoms with E-state index in [2.05, 4.69) is 26.0 Å². The van der Waals surface area contributed by atoms with E-state index in [1.165, 1.54) is 29.7 Å². The molecule has 0 aliphatic rings. The van der Waals surface area contributed by atoms with E-state index in [0.29, 0.717) is 16.4 Å². The monoisotopic (exact) mass is 500 g/mol. The summed E-state index contributed by atoms with van der Waals surface area (Å²) in [6.07, 6.45) is 1.22. The van der Waals surface area contributed by atoms with Crippen LogP contribution in [-0.2, 0) is 4.79 Å². The van der Waals surface area contributed by atoms with E-state index in [1.807, 2.05) is 24.3 Å². The lowest BCUT2D eigenvalue weighted by Crippen LogP contribution is -2.30. The standard InChI is InChI=1S/C20H13BrN4O5S/c21-13-6-8-16-17(10-13)31-20(23-16)24(18(26)12-29-14-4-2-1-3-5-14)22-11-15-7-9-19(30-15)25(27)28/h1-11H,12H2/b22-11+. The van der Waals surface area contributed by atoms with E-state index < -0.39 is 16.7 Å². The average Bonchev–Trinajstić information content (AvgIpc) is 3.40. The van der Waals surface area contributed by atoms with E-state index in [9.17, 15) is 14.9 Å². The van der Waals surface area contributed by atoms with Gasteiger partial charge in [-0.3, -0.25) is 14.9 Å². The van der Waals surface area contributed by atoms with Crippen molar-refractivity contribution in [2.45, 2.75) is 0 Å². The number of hydrogen-bond acceptors (Lipinski definition) is 8. The van der Waals surface area contributed by atoms with Crippen molar-refractivity contribution < 1.29 is 18.9 Å². The fourth-order valence-electron chi connectivity index (χ4n) is 2.54. The van der Waals surface area contributed by atoms with Gasteiger partial charge in [-0.15, -0.1) is 0 Å². The largest absolute Gasteiger partial charge is 0.484 e. The van der Waals surface area contributed by atoms with Crippen molar-refractivity contribution in [1.82, 2.24) is 4.98 Å². The second kappa shape index (κ2) is 9.06. The molecule has 2 aromatic carbocycles. The highest BCUT2D eigenvalue weighted by Crippen LogP contribution is 2.31. The molecule has 11 heteroatoms. The van der Waals surface area contributed by atoms with E-state index >= 15 is 0 Å². The maximum absolute atomic E-state index is 12.9. The summed E-state index contributed by atoms with van der Waals surface area (Å²) in [6.45, 7) is -0.278. The molecule has 0 saturated carbocycles. The molecule has 0 unspecified atom stereocenters. The highest BCUT2D eigenvalue weighted by molar-refractivity contribution is 9.10. The molecule has 156 valence electrons. The Bertz CT molecular complexity index is 1270. The topological polar surface area (TPSA) is 111 Å². The van der Waals surface area contributed by atoms with Crippen molar-refractivity contribution in [2.75, 3.05) is 11.6 Å². The summed E-state index contributed by atoms with van der Waals surface area (Å²) in [5.74, 6) is -0.233. The molecule has 0 aliphatic carbocycles. The van der Waals surface area contributed by atoms with Gasteiger partial charge in [0.2, 0.25) is 5.13 Å². The van der Waals surface area contributed by atoms with Crippen molar-refractivity contribution >= 4 is 60.6 Å². The lowest BCUT2D eigenvalue weighted by molar-refractivity contribution is -0.402. The number of amides is 1. The molecule has 0 fully saturated rings. The van der Waals surface area contributed by atoms with Gasteiger partial charge in [-0.1, -0.05) is 45.5 Å². The molecule has 1 amide bonds. The summed E-state index contributed by atoms with van der Waals surface area (Å²) >= 11 is 4.69. The van der Waals surface area contributed by atoms with Crippen LogP contribution in [0.5, 0.6) is 5.75 Å². The van der Waals surface area contributed by atoms with Crippen LogP contribution in [0.2, 0.25) is 0 Å². The first-order chi connectivity index (χ1) is 15.0. The van der Waals surface area contributed by atoms with Gasteiger partial charge in [-0.25, -0.2) is 4.98 Å². The van der Waals surface area contributed by atoms with Gasteiger partial charge >= 0.3 is 5.88 Å². The maximum Gasteiger partial charge on any atom is 0.433 e. The minimum absolute atomic E-state index is 0.123. The predicted octanol–water partition coefficient (Wildman–Crippen LogP) is 5.01. The number of carbonyl (C=O) groups is 1. The number of thiazole rings is 1. The lowest BCUT2D eigenvalue weighted by atomic mass is 10.3. The fourth-order valence-corrected chi connectivity index (χ4v) is 4.04. The zero-order valence-corrected chi connectivity index (χ0v) is 18.1. The van der Waals surface area contributed by atoms with Crippen LogP contribution in [0.15, 0.2) is 74.7 Å². The van der Waals surface area contributed by atoms with Crippen LogP contribution in [0.4, 0.5) is 11.0 Å². The van der Waals surface area contributed by atoms with Gasteiger partial charge in [-0.2, -0.15) is 10.1 Å². The van der Waals surface area contributed by atoms with Crippen LogP contribution in [0.1, 0.15) is 5.76 Å². The Morgan fingerprint density at radius 1 is 1.26 bits per heavy atom. The minimum Gasteiger partial charge on any atom is -0.484 e. The van der Waals surface area contributed by atoms with Crippen molar-refractivity contribution in [3.8, 4) is 5.75 Å². The Kier molecular flexibility index (Phi) is 6.05. The van der Waals surface area contributed by atoms with Crippen molar-refractivity contribution in [1.29, 1.82) is 0 Å². The number of halogens is 1. The molecule has 0 saturated heterocycles. The Morgan fingerprint density at radius 3 is 2.81 bits per heavy atom. The third kappa shape index (κ3) is 4.95. The second-order valence-electron chi connectivity index (χ2n) is 6.09. The van der Waals surface area contributed by atoms with Gasteiger partial charge < -0.3 is 9.15 Å². The number of anilines is 1. The van der Waals surface area contributed by atoms with Crippen LogP contribution in [0.3, 0.4) is 0 Å². The number of para-hydroxylation sites is 1. The van der Waals surface area contributed by atoms with E-state index in [1.54, 1.807) is 24.3 Å². The number of carbonyl (C=O) groups excluding carboxylic acids is 1. The van der Waals surface area contributed by atoms with E-state index in [-0.39, 0.29) is 12.4 Å². The van der Waals surface area contributed by atoms with Gasteiger partial charge in [0.25, 0.3) is 5.91 Å². The third-order valence-electron chi connectivity index (χ3n) is 3.96. The average molecular weight is 501 g/mol. The normalized spacial score (nSPS) is 11.1. The Morgan fingerprint density at radius 2 is 2.06 bits per heavy atom. The first-order valence-corrected chi connectivity index (χ1v) is 10.5. The molecule has 4 aromatic rings.